The van der Waals surface area contributed by atoms with Crippen LogP contribution in [0.2, 0.25) is 0 Å². The van der Waals surface area contributed by atoms with E-state index in [9.17, 15) is 4.79 Å². The van der Waals surface area contributed by atoms with Crippen molar-refractivity contribution in [3.63, 3.8) is 0 Å². The van der Waals surface area contributed by atoms with Gasteiger partial charge in [0.15, 0.2) is 0 Å². The van der Waals surface area contributed by atoms with Crippen molar-refractivity contribution in [1.82, 2.24) is 20.4 Å². The Bertz CT molecular complexity index is 655. The van der Waals surface area contributed by atoms with Gasteiger partial charge in [0.05, 0.1) is 17.9 Å². The number of nitrogens with zero attached hydrogens (tertiary/aromatic N) is 2. The molecule has 1 aromatic carbocycles. The molecule has 17 heavy (non-hydrogen) atoms. The second-order valence-corrected chi connectivity index (χ2v) is 3.60. The maximum Gasteiger partial charge on any atom is 0.256 e. The fourth-order valence-electron chi connectivity index (χ4n) is 1.60. The molecule has 0 saturated carbocycles. The molecule has 0 fully saturated rings. The fraction of sp³-hybridized carbons (Fsp3) is 0. The molecule has 0 radical (unpaired) electrons. The minimum Gasteiger partial charge on any atom is -0.307 e. The van der Waals surface area contributed by atoms with E-state index in [-0.39, 0.29) is 5.91 Å². The Hall–Kier alpha value is -2.63. The molecular weight excluding hydrogens is 218 g/mol. The van der Waals surface area contributed by atoms with Gasteiger partial charge in [-0.15, -0.1) is 0 Å². The van der Waals surface area contributed by atoms with Gasteiger partial charge in [0.1, 0.15) is 5.82 Å². The Kier molecular flexibility index (Phi) is 2.11. The van der Waals surface area contributed by atoms with E-state index in [0.29, 0.717) is 11.4 Å². The summed E-state index contributed by atoms with van der Waals surface area (Å²) < 4.78 is 0. The average Bonchev–Trinajstić information content (AvgIpc) is 2.97. The predicted octanol–water partition coefficient (Wildman–Crippen LogP) is 1.54. The first-order valence-corrected chi connectivity index (χ1v) is 5.07. The Morgan fingerprint density at radius 1 is 1.18 bits per heavy atom. The number of carbonyl (C=O) groups is 1. The van der Waals surface area contributed by atoms with E-state index in [0.717, 1.165) is 10.9 Å². The lowest BCUT2D eigenvalue weighted by Crippen LogP contribution is -2.11. The smallest absolute Gasteiger partial charge is 0.256 e. The fourth-order valence-corrected chi connectivity index (χ4v) is 1.60. The molecule has 3 N–H and O–H groups in total. The van der Waals surface area contributed by atoms with Crippen LogP contribution in [-0.4, -0.2) is 26.3 Å². The van der Waals surface area contributed by atoms with Crippen LogP contribution in [0, 0.1) is 0 Å². The summed E-state index contributed by atoms with van der Waals surface area (Å²) >= 11 is 0. The second-order valence-electron chi connectivity index (χ2n) is 3.60. The number of H-pyrrole nitrogens is 2. The van der Waals surface area contributed by atoms with E-state index < -0.39 is 0 Å². The van der Waals surface area contributed by atoms with Crippen molar-refractivity contribution in [1.29, 1.82) is 0 Å². The standard InChI is InChI=1S/C11H9N5O/c17-11(14-10-3-4-12-16-10)7-1-2-9-8(5-7)6-13-15-9/h1-6H,(H,13,15)(H2,12,14,16,17). The average molecular weight is 227 g/mol. The highest BCUT2D eigenvalue weighted by Crippen LogP contribution is 2.13. The minimum atomic E-state index is -0.183. The summed E-state index contributed by atoms with van der Waals surface area (Å²) in [4.78, 5) is 11.9. The molecule has 0 aliphatic heterocycles. The van der Waals surface area contributed by atoms with Crippen molar-refractivity contribution in [2.45, 2.75) is 0 Å². The third-order valence-electron chi connectivity index (χ3n) is 2.45. The van der Waals surface area contributed by atoms with Gasteiger partial charge < -0.3 is 5.32 Å². The van der Waals surface area contributed by atoms with Gasteiger partial charge in [-0.25, -0.2) is 0 Å². The number of fused-ring (bicyclic) bond motifs is 1. The lowest BCUT2D eigenvalue weighted by Gasteiger charge is -2.02. The zero-order valence-corrected chi connectivity index (χ0v) is 8.77. The van der Waals surface area contributed by atoms with Crippen LogP contribution in [-0.2, 0) is 0 Å². The first-order valence-electron chi connectivity index (χ1n) is 5.07. The minimum absolute atomic E-state index is 0.183. The van der Waals surface area contributed by atoms with E-state index in [2.05, 4.69) is 25.7 Å². The quantitative estimate of drug-likeness (QED) is 0.620. The van der Waals surface area contributed by atoms with Crippen LogP contribution in [0.15, 0.2) is 36.7 Å². The SMILES string of the molecule is O=C(Nc1ccn[nH]1)c1ccc2[nH]ncc2c1. The summed E-state index contributed by atoms with van der Waals surface area (Å²) in [5, 5.41) is 16.8. The van der Waals surface area contributed by atoms with E-state index in [4.69, 9.17) is 0 Å². The van der Waals surface area contributed by atoms with Gasteiger partial charge in [-0.2, -0.15) is 10.2 Å². The lowest BCUT2D eigenvalue weighted by molar-refractivity contribution is 0.102. The van der Waals surface area contributed by atoms with Crippen molar-refractivity contribution in [2.24, 2.45) is 0 Å². The molecule has 0 atom stereocenters. The van der Waals surface area contributed by atoms with Gasteiger partial charge >= 0.3 is 0 Å². The third-order valence-corrected chi connectivity index (χ3v) is 2.45. The molecule has 84 valence electrons. The van der Waals surface area contributed by atoms with Crippen LogP contribution in [0.1, 0.15) is 10.4 Å². The number of anilines is 1. The number of amides is 1. The summed E-state index contributed by atoms with van der Waals surface area (Å²) in [5.74, 6) is 0.389. The Morgan fingerprint density at radius 2 is 2.12 bits per heavy atom. The van der Waals surface area contributed by atoms with E-state index in [1.54, 1.807) is 30.6 Å². The van der Waals surface area contributed by atoms with Gasteiger partial charge in [-0.3, -0.25) is 15.0 Å². The molecule has 0 unspecified atom stereocenters. The van der Waals surface area contributed by atoms with Crippen LogP contribution in [0.25, 0.3) is 10.9 Å². The Morgan fingerprint density at radius 3 is 2.94 bits per heavy atom. The van der Waals surface area contributed by atoms with E-state index >= 15 is 0 Å². The van der Waals surface area contributed by atoms with Gasteiger partial charge in [-0.1, -0.05) is 0 Å². The van der Waals surface area contributed by atoms with Gasteiger partial charge in [-0.05, 0) is 18.2 Å². The summed E-state index contributed by atoms with van der Waals surface area (Å²) in [6, 6.07) is 7.04. The van der Waals surface area contributed by atoms with Crippen LogP contribution >= 0.6 is 0 Å². The lowest BCUT2D eigenvalue weighted by atomic mass is 10.1. The maximum atomic E-state index is 11.9. The predicted molar refractivity (Wildman–Crippen MR) is 62.6 cm³/mol. The Labute approximate surface area is 96.0 Å². The second kappa shape index (κ2) is 3.75. The molecule has 0 saturated heterocycles. The number of rotatable bonds is 2. The molecule has 1 amide bonds. The number of nitrogens with one attached hydrogen (secondary N) is 3. The van der Waals surface area contributed by atoms with Crippen LogP contribution in [0.5, 0.6) is 0 Å². The van der Waals surface area contributed by atoms with E-state index in [1.807, 2.05) is 6.07 Å². The highest BCUT2D eigenvalue weighted by atomic mass is 16.1. The molecule has 6 heteroatoms. The molecule has 6 nitrogen and oxygen atoms in total. The number of aromatic nitrogens is 4. The van der Waals surface area contributed by atoms with Crippen LogP contribution in [0.4, 0.5) is 5.82 Å². The summed E-state index contributed by atoms with van der Waals surface area (Å²) in [5.41, 5.74) is 1.48. The normalized spacial score (nSPS) is 10.6. The van der Waals surface area contributed by atoms with Gasteiger partial charge in [0, 0.05) is 17.0 Å². The van der Waals surface area contributed by atoms with Crippen molar-refractivity contribution < 1.29 is 4.79 Å². The Balaban J connectivity index is 1.90. The number of hydrogen-bond donors (Lipinski definition) is 3. The number of benzene rings is 1. The largest absolute Gasteiger partial charge is 0.307 e. The summed E-state index contributed by atoms with van der Waals surface area (Å²) in [6.07, 6.45) is 3.26. The first-order chi connectivity index (χ1) is 8.33. The van der Waals surface area contributed by atoms with Crippen molar-refractivity contribution in [3.05, 3.63) is 42.2 Å². The van der Waals surface area contributed by atoms with Crippen molar-refractivity contribution in [2.75, 3.05) is 5.32 Å². The highest BCUT2D eigenvalue weighted by Gasteiger charge is 2.07. The first kappa shape index (κ1) is 9.59. The molecule has 2 aromatic heterocycles. The van der Waals surface area contributed by atoms with Crippen molar-refractivity contribution in [3.8, 4) is 0 Å². The van der Waals surface area contributed by atoms with Gasteiger partial charge in [0.2, 0.25) is 0 Å². The number of carbonyl (C=O) groups excluding carboxylic acids is 1. The number of hydrogen-bond acceptors (Lipinski definition) is 3. The van der Waals surface area contributed by atoms with Crippen LogP contribution in [0.3, 0.4) is 0 Å². The maximum absolute atomic E-state index is 11.9. The van der Waals surface area contributed by atoms with Crippen LogP contribution < -0.4 is 5.32 Å². The topological polar surface area (TPSA) is 86.5 Å². The number of aromatic amines is 2. The van der Waals surface area contributed by atoms with E-state index in [1.165, 1.54) is 0 Å². The molecule has 0 aliphatic rings. The molecule has 0 aliphatic carbocycles. The monoisotopic (exact) mass is 227 g/mol. The van der Waals surface area contributed by atoms with Gasteiger partial charge in [0.25, 0.3) is 5.91 Å². The van der Waals surface area contributed by atoms with Crippen molar-refractivity contribution >= 4 is 22.6 Å². The molecule has 3 rings (SSSR count). The molecule has 0 spiro atoms. The zero-order chi connectivity index (χ0) is 11.7. The zero-order valence-electron chi connectivity index (χ0n) is 8.77. The third kappa shape index (κ3) is 1.76. The molecule has 3 aromatic rings. The highest BCUT2D eigenvalue weighted by molar-refractivity contribution is 6.05. The molecule has 2 heterocycles. The molecule has 0 bridgehead atoms. The summed E-state index contributed by atoms with van der Waals surface area (Å²) in [7, 11) is 0. The molecular formula is C11H9N5O. The summed E-state index contributed by atoms with van der Waals surface area (Å²) in [6.45, 7) is 0.